The van der Waals surface area contributed by atoms with E-state index in [1.807, 2.05) is 6.07 Å². The number of hydrogen-bond donors (Lipinski definition) is 0. The first kappa shape index (κ1) is 24.1. The van der Waals surface area contributed by atoms with Crippen LogP contribution in [0.4, 0.5) is 0 Å². The normalized spacial score (nSPS) is 18.7. The van der Waals surface area contributed by atoms with Crippen molar-refractivity contribution in [2.75, 3.05) is 39.4 Å². The summed E-state index contributed by atoms with van der Waals surface area (Å²) in [4.78, 5) is 4.99. The van der Waals surface area contributed by atoms with E-state index in [1.165, 1.54) is 37.9 Å². The van der Waals surface area contributed by atoms with Crippen LogP contribution in [-0.2, 0) is 4.74 Å². The van der Waals surface area contributed by atoms with Gasteiger partial charge in [0.2, 0.25) is 0 Å². The number of morpholine rings is 1. The van der Waals surface area contributed by atoms with Gasteiger partial charge in [-0.2, -0.15) is 0 Å². The SMILES string of the molecule is CC(C)N1CCCCC1.CC(C)N1CCOCC1.CC(C)c1ccccc1. The van der Waals surface area contributed by atoms with Crippen molar-refractivity contribution in [3.05, 3.63) is 35.9 Å². The van der Waals surface area contributed by atoms with E-state index >= 15 is 0 Å². The molecule has 0 bridgehead atoms. The maximum atomic E-state index is 5.21. The molecule has 0 N–H and O–H groups in total. The van der Waals surface area contributed by atoms with Crippen molar-refractivity contribution in [3.8, 4) is 0 Å². The predicted octanol–water partition coefficient (Wildman–Crippen LogP) is 5.42. The number of nitrogens with zero attached hydrogens (tertiary/aromatic N) is 2. The van der Waals surface area contributed by atoms with Crippen molar-refractivity contribution < 1.29 is 4.74 Å². The molecule has 0 radical (unpaired) electrons. The number of hydrogen-bond acceptors (Lipinski definition) is 3. The average molecular weight is 377 g/mol. The van der Waals surface area contributed by atoms with Crippen LogP contribution in [0, 0.1) is 0 Å². The lowest BCUT2D eigenvalue weighted by Crippen LogP contribution is -2.40. The number of rotatable bonds is 3. The molecule has 27 heavy (non-hydrogen) atoms. The Bertz CT molecular complexity index is 425. The van der Waals surface area contributed by atoms with Crippen LogP contribution >= 0.6 is 0 Å². The first-order valence-corrected chi connectivity index (χ1v) is 11.0. The molecular formula is C24H44N2O. The highest BCUT2D eigenvalue weighted by molar-refractivity contribution is 5.17. The Hall–Kier alpha value is -0.900. The Morgan fingerprint density at radius 2 is 1.15 bits per heavy atom. The fourth-order valence-electron chi connectivity index (χ4n) is 3.37. The van der Waals surface area contributed by atoms with E-state index in [4.69, 9.17) is 4.74 Å². The third-order valence-corrected chi connectivity index (χ3v) is 5.36. The van der Waals surface area contributed by atoms with Crippen molar-refractivity contribution >= 4 is 0 Å². The summed E-state index contributed by atoms with van der Waals surface area (Å²) < 4.78 is 5.21. The molecule has 3 nitrogen and oxygen atoms in total. The molecule has 0 atom stereocenters. The van der Waals surface area contributed by atoms with E-state index in [1.54, 1.807) is 0 Å². The minimum absolute atomic E-state index is 0.659. The van der Waals surface area contributed by atoms with Crippen molar-refractivity contribution in [3.63, 3.8) is 0 Å². The van der Waals surface area contributed by atoms with Crippen LogP contribution in [0.15, 0.2) is 30.3 Å². The summed E-state index contributed by atoms with van der Waals surface area (Å²) in [5.74, 6) is 0.659. The first-order chi connectivity index (χ1) is 12.9. The van der Waals surface area contributed by atoms with Crippen LogP contribution in [0.3, 0.4) is 0 Å². The average Bonchev–Trinajstić information content (AvgIpc) is 2.71. The molecule has 1 aromatic carbocycles. The fourth-order valence-corrected chi connectivity index (χ4v) is 3.37. The molecule has 0 aromatic heterocycles. The maximum Gasteiger partial charge on any atom is 0.0594 e. The zero-order valence-electron chi connectivity index (χ0n) is 18.8. The smallest absolute Gasteiger partial charge is 0.0594 e. The molecule has 2 aliphatic heterocycles. The number of ether oxygens (including phenoxy) is 1. The van der Waals surface area contributed by atoms with Crippen LogP contribution in [0.5, 0.6) is 0 Å². The van der Waals surface area contributed by atoms with Gasteiger partial charge in [-0.25, -0.2) is 0 Å². The van der Waals surface area contributed by atoms with Gasteiger partial charge in [-0.3, -0.25) is 4.90 Å². The van der Waals surface area contributed by atoms with Gasteiger partial charge in [-0.15, -0.1) is 0 Å². The van der Waals surface area contributed by atoms with Gasteiger partial charge < -0.3 is 9.64 Å². The van der Waals surface area contributed by atoms with Gasteiger partial charge in [0.15, 0.2) is 0 Å². The van der Waals surface area contributed by atoms with Gasteiger partial charge in [0.25, 0.3) is 0 Å². The monoisotopic (exact) mass is 376 g/mol. The van der Waals surface area contributed by atoms with E-state index in [9.17, 15) is 0 Å². The lowest BCUT2D eigenvalue weighted by atomic mass is 10.0. The van der Waals surface area contributed by atoms with Crippen molar-refractivity contribution in [1.29, 1.82) is 0 Å². The van der Waals surface area contributed by atoms with Crippen LogP contribution in [0.25, 0.3) is 0 Å². The van der Waals surface area contributed by atoms with E-state index in [-0.39, 0.29) is 0 Å². The van der Waals surface area contributed by atoms with Gasteiger partial charge >= 0.3 is 0 Å². The highest BCUT2D eigenvalue weighted by Gasteiger charge is 2.12. The predicted molar refractivity (Wildman–Crippen MR) is 119 cm³/mol. The Kier molecular flexibility index (Phi) is 12.6. The Balaban J connectivity index is 0.000000202. The standard InChI is InChI=1S/C9H12.C8H17N.C7H15NO/c2*1-8(2)9-6-4-3-5-7-9;1-7(2)8-3-5-9-6-4-8/h3-8H,1-2H3;8H,3-7H2,1-2H3;7H,3-6H2,1-2H3. The number of piperidine rings is 1. The second-order valence-electron chi connectivity index (χ2n) is 8.50. The summed E-state index contributed by atoms with van der Waals surface area (Å²) in [6.07, 6.45) is 4.28. The van der Waals surface area contributed by atoms with Crippen LogP contribution in [-0.4, -0.2) is 61.3 Å². The number of benzene rings is 1. The van der Waals surface area contributed by atoms with Crippen LogP contribution < -0.4 is 0 Å². The molecule has 1 aromatic rings. The van der Waals surface area contributed by atoms with E-state index in [2.05, 4.69) is 75.6 Å². The van der Waals surface area contributed by atoms with Gasteiger partial charge in [-0.05, 0) is 65.1 Å². The zero-order chi connectivity index (χ0) is 20.1. The molecule has 0 spiro atoms. The molecule has 3 heteroatoms. The zero-order valence-corrected chi connectivity index (χ0v) is 18.8. The largest absolute Gasteiger partial charge is 0.379 e. The molecule has 2 aliphatic rings. The lowest BCUT2D eigenvalue weighted by Gasteiger charge is -2.29. The molecule has 0 aliphatic carbocycles. The van der Waals surface area contributed by atoms with E-state index in [0.29, 0.717) is 12.0 Å². The van der Waals surface area contributed by atoms with Crippen LogP contribution in [0.1, 0.15) is 72.3 Å². The third-order valence-electron chi connectivity index (χ3n) is 5.36. The van der Waals surface area contributed by atoms with Crippen LogP contribution in [0.2, 0.25) is 0 Å². The Morgan fingerprint density at radius 1 is 0.667 bits per heavy atom. The molecule has 3 rings (SSSR count). The topological polar surface area (TPSA) is 15.7 Å². The fraction of sp³-hybridized carbons (Fsp3) is 0.750. The van der Waals surface area contributed by atoms with E-state index < -0.39 is 0 Å². The minimum atomic E-state index is 0.659. The minimum Gasteiger partial charge on any atom is -0.379 e. The van der Waals surface area contributed by atoms with Gasteiger partial charge in [0, 0.05) is 25.2 Å². The molecule has 2 saturated heterocycles. The van der Waals surface area contributed by atoms with Gasteiger partial charge in [0.1, 0.15) is 0 Å². The Labute approximate surface area is 169 Å². The maximum absolute atomic E-state index is 5.21. The Morgan fingerprint density at radius 3 is 1.48 bits per heavy atom. The summed E-state index contributed by atoms with van der Waals surface area (Å²) in [6, 6.07) is 12.0. The summed E-state index contributed by atoms with van der Waals surface area (Å²) in [6.45, 7) is 20.1. The quantitative estimate of drug-likeness (QED) is 0.701. The molecule has 0 amide bonds. The summed E-state index contributed by atoms with van der Waals surface area (Å²) in [5, 5.41) is 0. The lowest BCUT2D eigenvalue weighted by molar-refractivity contribution is 0.0238. The summed E-state index contributed by atoms with van der Waals surface area (Å²) in [5.41, 5.74) is 1.41. The van der Waals surface area contributed by atoms with Gasteiger partial charge in [-0.1, -0.05) is 50.6 Å². The first-order valence-electron chi connectivity index (χ1n) is 11.0. The van der Waals surface area contributed by atoms with E-state index in [0.717, 1.165) is 32.3 Å². The second-order valence-corrected chi connectivity index (χ2v) is 8.50. The molecule has 156 valence electrons. The van der Waals surface area contributed by atoms with Gasteiger partial charge in [0.05, 0.1) is 13.2 Å². The molecular weight excluding hydrogens is 332 g/mol. The summed E-state index contributed by atoms with van der Waals surface area (Å²) in [7, 11) is 0. The molecule has 2 fully saturated rings. The molecule has 2 heterocycles. The third kappa shape index (κ3) is 10.9. The second kappa shape index (κ2) is 14.1. The van der Waals surface area contributed by atoms with Crippen molar-refractivity contribution in [2.45, 2.75) is 78.8 Å². The van der Waals surface area contributed by atoms with Crippen molar-refractivity contribution in [1.82, 2.24) is 9.80 Å². The highest BCUT2D eigenvalue weighted by Crippen LogP contribution is 2.12. The summed E-state index contributed by atoms with van der Waals surface area (Å²) >= 11 is 0. The molecule has 0 saturated carbocycles. The van der Waals surface area contributed by atoms with Crippen molar-refractivity contribution in [2.24, 2.45) is 0 Å². The number of likely N-dealkylation sites (tertiary alicyclic amines) is 1. The molecule has 0 unspecified atom stereocenters. The highest BCUT2D eigenvalue weighted by atomic mass is 16.5.